The fraction of sp³-hybridized carbons (Fsp3) is 0.833. The van der Waals surface area contributed by atoms with E-state index < -0.39 is 12.0 Å². The van der Waals surface area contributed by atoms with Crippen molar-refractivity contribution in [3.05, 3.63) is 0 Å². The highest BCUT2D eigenvalue weighted by atomic mass is 16.4. The van der Waals surface area contributed by atoms with Gasteiger partial charge in [0.25, 0.3) is 0 Å². The summed E-state index contributed by atoms with van der Waals surface area (Å²) in [4.78, 5) is 11.9. The molecule has 0 spiro atoms. The van der Waals surface area contributed by atoms with E-state index in [0.717, 1.165) is 0 Å². The Morgan fingerprint density at radius 3 is 2.30 bits per heavy atom. The number of hydrogen-bond donors (Lipinski definition) is 2. The van der Waals surface area contributed by atoms with Gasteiger partial charge in [-0.15, -0.1) is 0 Å². The number of aliphatic hydroxyl groups is 1. The zero-order valence-corrected chi connectivity index (χ0v) is 6.24. The van der Waals surface area contributed by atoms with Gasteiger partial charge >= 0.3 is 5.97 Å². The summed E-state index contributed by atoms with van der Waals surface area (Å²) in [7, 11) is 1.66. The van der Waals surface area contributed by atoms with E-state index in [-0.39, 0.29) is 6.61 Å². The van der Waals surface area contributed by atoms with Crippen LogP contribution in [-0.2, 0) is 4.79 Å². The van der Waals surface area contributed by atoms with Gasteiger partial charge in [0.1, 0.15) is 6.04 Å². The Labute approximate surface area is 60.1 Å². The van der Waals surface area contributed by atoms with Crippen molar-refractivity contribution in [2.24, 2.45) is 0 Å². The van der Waals surface area contributed by atoms with Crippen LogP contribution in [0, 0.1) is 0 Å². The average molecular weight is 147 g/mol. The first-order chi connectivity index (χ1) is 4.63. The summed E-state index contributed by atoms with van der Waals surface area (Å²) < 4.78 is 0. The summed E-state index contributed by atoms with van der Waals surface area (Å²) in [5.41, 5.74) is 0. The minimum atomic E-state index is -0.980. The van der Waals surface area contributed by atoms with Crippen molar-refractivity contribution in [3.8, 4) is 0 Å². The van der Waals surface area contributed by atoms with Crippen molar-refractivity contribution in [1.29, 1.82) is 0 Å². The Kier molecular flexibility index (Phi) is 3.99. The van der Waals surface area contributed by atoms with Gasteiger partial charge in [-0.25, -0.2) is 0 Å². The third kappa shape index (κ3) is 2.33. The largest absolute Gasteiger partial charge is 0.480 e. The van der Waals surface area contributed by atoms with Gasteiger partial charge in [-0.3, -0.25) is 9.69 Å². The van der Waals surface area contributed by atoms with Crippen molar-refractivity contribution in [2.75, 3.05) is 20.2 Å². The molecule has 0 bridgehead atoms. The molecule has 2 N–H and O–H groups in total. The van der Waals surface area contributed by atoms with Gasteiger partial charge in [0.05, 0.1) is 6.61 Å². The number of likely N-dealkylation sites (N-methyl/N-ethyl adjacent to an activating group) is 1. The first kappa shape index (κ1) is 9.39. The molecule has 0 aromatic carbocycles. The number of nitrogens with zero attached hydrogens (tertiary/aromatic N) is 1. The van der Waals surface area contributed by atoms with E-state index >= 15 is 0 Å². The molecule has 0 unspecified atom stereocenters. The number of aliphatic hydroxyl groups excluding tert-OH is 1. The number of carboxylic acid groups (broad SMARTS) is 1. The molecule has 0 amide bonds. The predicted octanol–water partition coefficient (Wildman–Crippen LogP) is -0.616. The van der Waals surface area contributed by atoms with Gasteiger partial charge in [-0.1, -0.05) is 6.92 Å². The van der Waals surface area contributed by atoms with Gasteiger partial charge in [-0.05, 0) is 13.6 Å². The quantitative estimate of drug-likeness (QED) is 0.556. The third-order valence-corrected chi connectivity index (χ3v) is 1.49. The van der Waals surface area contributed by atoms with Crippen LogP contribution < -0.4 is 0 Å². The standard InChI is InChI=1S/C6H13NO3/c1-3-7(2)5(4-8)6(9)10/h5,8H,3-4H2,1-2H3,(H,9,10)/t5-/m1/s1. The van der Waals surface area contributed by atoms with Crippen molar-refractivity contribution in [3.63, 3.8) is 0 Å². The minimum absolute atomic E-state index is 0.334. The molecule has 10 heavy (non-hydrogen) atoms. The summed E-state index contributed by atoms with van der Waals surface area (Å²) in [6.07, 6.45) is 0. The Balaban J connectivity index is 3.92. The first-order valence-electron chi connectivity index (χ1n) is 3.17. The second kappa shape index (κ2) is 4.24. The summed E-state index contributed by atoms with van der Waals surface area (Å²) >= 11 is 0. The van der Waals surface area contributed by atoms with Crippen LogP contribution in [0.15, 0.2) is 0 Å². The Hall–Kier alpha value is -0.610. The molecule has 0 heterocycles. The monoisotopic (exact) mass is 147 g/mol. The van der Waals surface area contributed by atoms with Crippen LogP contribution in [-0.4, -0.2) is 47.3 Å². The Morgan fingerprint density at radius 1 is 1.70 bits per heavy atom. The molecule has 4 nitrogen and oxygen atoms in total. The zero-order chi connectivity index (χ0) is 8.15. The molecule has 0 aliphatic rings. The fourth-order valence-corrected chi connectivity index (χ4v) is 0.626. The second-order valence-electron chi connectivity index (χ2n) is 2.11. The topological polar surface area (TPSA) is 60.8 Å². The third-order valence-electron chi connectivity index (χ3n) is 1.49. The lowest BCUT2D eigenvalue weighted by Crippen LogP contribution is -2.40. The lowest BCUT2D eigenvalue weighted by Gasteiger charge is -2.20. The summed E-state index contributed by atoms with van der Waals surface area (Å²) in [5.74, 6) is -0.980. The molecule has 0 fully saturated rings. The van der Waals surface area contributed by atoms with Crippen molar-refractivity contribution in [2.45, 2.75) is 13.0 Å². The average Bonchev–Trinajstić information content (AvgIpc) is 1.88. The van der Waals surface area contributed by atoms with Crippen LogP contribution in [0.1, 0.15) is 6.92 Å². The van der Waals surface area contributed by atoms with Crippen molar-refractivity contribution >= 4 is 5.97 Å². The van der Waals surface area contributed by atoms with E-state index in [9.17, 15) is 4.79 Å². The maximum absolute atomic E-state index is 10.3. The number of carbonyl (C=O) groups is 1. The first-order valence-corrected chi connectivity index (χ1v) is 3.17. The van der Waals surface area contributed by atoms with Crippen LogP contribution in [0.2, 0.25) is 0 Å². The van der Waals surface area contributed by atoms with Crippen molar-refractivity contribution in [1.82, 2.24) is 4.90 Å². The molecular weight excluding hydrogens is 134 g/mol. The van der Waals surface area contributed by atoms with E-state index in [4.69, 9.17) is 10.2 Å². The maximum atomic E-state index is 10.3. The lowest BCUT2D eigenvalue weighted by atomic mass is 10.3. The van der Waals surface area contributed by atoms with E-state index in [0.29, 0.717) is 6.54 Å². The molecule has 0 radical (unpaired) electrons. The number of carboxylic acids is 1. The maximum Gasteiger partial charge on any atom is 0.323 e. The smallest absolute Gasteiger partial charge is 0.323 e. The van der Waals surface area contributed by atoms with Crippen LogP contribution in [0.3, 0.4) is 0 Å². The van der Waals surface area contributed by atoms with E-state index in [1.54, 1.807) is 11.9 Å². The van der Waals surface area contributed by atoms with Crippen molar-refractivity contribution < 1.29 is 15.0 Å². The SMILES string of the molecule is CCN(C)[C@H](CO)C(=O)O. The van der Waals surface area contributed by atoms with Crippen LogP contribution in [0.4, 0.5) is 0 Å². The molecule has 0 aliphatic carbocycles. The lowest BCUT2D eigenvalue weighted by molar-refractivity contribution is -0.144. The van der Waals surface area contributed by atoms with E-state index in [1.165, 1.54) is 0 Å². The summed E-state index contributed by atoms with van der Waals surface area (Å²) in [6.45, 7) is 2.13. The highest BCUT2D eigenvalue weighted by molar-refractivity contribution is 5.73. The molecule has 0 rings (SSSR count). The number of hydrogen-bond acceptors (Lipinski definition) is 3. The van der Waals surface area contributed by atoms with Gasteiger partial charge in [-0.2, -0.15) is 0 Å². The molecule has 0 aromatic heterocycles. The second-order valence-corrected chi connectivity index (χ2v) is 2.11. The molecule has 1 atom stereocenters. The van der Waals surface area contributed by atoms with Gasteiger partial charge in [0.15, 0.2) is 0 Å². The van der Waals surface area contributed by atoms with Gasteiger partial charge in [0.2, 0.25) is 0 Å². The van der Waals surface area contributed by atoms with Gasteiger partial charge in [0, 0.05) is 0 Å². The molecule has 4 heteroatoms. The van der Waals surface area contributed by atoms with E-state index in [2.05, 4.69) is 0 Å². The molecular formula is C6H13NO3. The molecule has 0 aliphatic heterocycles. The molecule has 0 saturated carbocycles. The van der Waals surface area contributed by atoms with Crippen LogP contribution in [0.25, 0.3) is 0 Å². The van der Waals surface area contributed by atoms with Gasteiger partial charge < -0.3 is 10.2 Å². The van der Waals surface area contributed by atoms with Crippen LogP contribution in [0.5, 0.6) is 0 Å². The van der Waals surface area contributed by atoms with Crippen LogP contribution >= 0.6 is 0 Å². The fourth-order valence-electron chi connectivity index (χ4n) is 0.626. The number of aliphatic carboxylic acids is 1. The molecule has 60 valence electrons. The molecule has 0 saturated heterocycles. The minimum Gasteiger partial charge on any atom is -0.480 e. The number of rotatable bonds is 4. The molecule has 0 aromatic rings. The van der Waals surface area contributed by atoms with E-state index in [1.807, 2.05) is 6.92 Å². The normalized spacial score (nSPS) is 13.6. The zero-order valence-electron chi connectivity index (χ0n) is 6.24. The summed E-state index contributed by atoms with van der Waals surface area (Å²) in [5, 5.41) is 17.0. The summed E-state index contributed by atoms with van der Waals surface area (Å²) in [6, 6.07) is -0.759. The highest BCUT2D eigenvalue weighted by Gasteiger charge is 2.19. The predicted molar refractivity (Wildman–Crippen MR) is 36.8 cm³/mol. The Morgan fingerprint density at radius 2 is 2.20 bits per heavy atom. The Bertz CT molecular complexity index is 116. The highest BCUT2D eigenvalue weighted by Crippen LogP contribution is 1.93.